The van der Waals surface area contributed by atoms with Gasteiger partial charge in [0, 0.05) is 12.5 Å². The molecule has 0 heterocycles. The van der Waals surface area contributed by atoms with E-state index in [0.717, 1.165) is 28.3 Å². The smallest absolute Gasteiger partial charge is 0.416 e. The lowest BCUT2D eigenvalue weighted by Gasteiger charge is -2.18. The average Bonchev–Trinajstić information content (AvgIpc) is 3.13. The number of benzene rings is 3. The lowest BCUT2D eigenvalue weighted by atomic mass is 9.95. The average molecular weight is 469 g/mol. The molecule has 0 bridgehead atoms. The van der Waals surface area contributed by atoms with Crippen LogP contribution in [0.4, 0.5) is 18.0 Å². The standard InChI is InChI=1S/C26H22F3NO4/c27-26(28,29)23-12-6-1-7-16(23)13-17(24(31)32)14-30-25(33)34-15-22-20-10-4-2-8-18(20)19-9-3-5-11-21(19)22/h1-12,17,22H,13-15H2,(H,30,33)(H,31,32)/t17-/m1/s1. The summed E-state index contributed by atoms with van der Waals surface area (Å²) in [4.78, 5) is 24.0. The minimum absolute atomic E-state index is 0.0501. The molecule has 0 spiro atoms. The molecule has 0 aromatic heterocycles. The number of nitrogens with one attached hydrogen (secondary N) is 1. The largest absolute Gasteiger partial charge is 0.481 e. The van der Waals surface area contributed by atoms with E-state index in [-0.39, 0.29) is 31.1 Å². The molecule has 0 aliphatic heterocycles. The summed E-state index contributed by atoms with van der Waals surface area (Å²) >= 11 is 0. The Morgan fingerprint density at radius 3 is 2.06 bits per heavy atom. The highest BCUT2D eigenvalue weighted by atomic mass is 19.4. The van der Waals surface area contributed by atoms with E-state index >= 15 is 0 Å². The number of alkyl carbamates (subject to hydrolysis) is 1. The lowest BCUT2D eigenvalue weighted by molar-refractivity contribution is -0.143. The van der Waals surface area contributed by atoms with Crippen molar-refractivity contribution in [1.82, 2.24) is 5.32 Å². The first kappa shape index (κ1) is 23.4. The highest BCUT2D eigenvalue weighted by Gasteiger charge is 2.34. The van der Waals surface area contributed by atoms with Crippen LogP contribution in [-0.2, 0) is 22.1 Å². The topological polar surface area (TPSA) is 75.6 Å². The van der Waals surface area contributed by atoms with Gasteiger partial charge in [0.25, 0.3) is 0 Å². The zero-order valence-corrected chi connectivity index (χ0v) is 18.0. The van der Waals surface area contributed by atoms with Gasteiger partial charge < -0.3 is 15.2 Å². The molecule has 1 amide bonds. The van der Waals surface area contributed by atoms with Crippen molar-refractivity contribution in [3.63, 3.8) is 0 Å². The van der Waals surface area contributed by atoms with Gasteiger partial charge in [-0.3, -0.25) is 4.79 Å². The second-order valence-corrected chi connectivity index (χ2v) is 8.10. The van der Waals surface area contributed by atoms with Gasteiger partial charge in [-0.05, 0) is 40.3 Å². The van der Waals surface area contributed by atoms with Crippen LogP contribution in [0.5, 0.6) is 0 Å². The van der Waals surface area contributed by atoms with Crippen molar-refractivity contribution in [2.45, 2.75) is 18.5 Å². The molecule has 0 unspecified atom stereocenters. The first-order chi connectivity index (χ1) is 16.3. The Bertz CT molecular complexity index is 1160. The lowest BCUT2D eigenvalue weighted by Crippen LogP contribution is -2.35. The van der Waals surface area contributed by atoms with Gasteiger partial charge in [-0.1, -0.05) is 66.7 Å². The third-order valence-corrected chi connectivity index (χ3v) is 5.97. The number of aliphatic carboxylic acids is 1. The minimum atomic E-state index is -4.60. The SMILES string of the molecule is O=C(NC[C@@H](Cc1ccccc1C(F)(F)F)C(=O)O)OCC1c2ccccc2-c2ccccc21. The van der Waals surface area contributed by atoms with Crippen molar-refractivity contribution in [2.75, 3.05) is 13.2 Å². The van der Waals surface area contributed by atoms with E-state index in [0.29, 0.717) is 0 Å². The number of ether oxygens (including phenoxy) is 1. The molecule has 2 N–H and O–H groups in total. The molecule has 0 radical (unpaired) electrons. The summed E-state index contributed by atoms with van der Waals surface area (Å²) in [6, 6.07) is 20.5. The van der Waals surface area contributed by atoms with Crippen LogP contribution in [0.2, 0.25) is 0 Å². The van der Waals surface area contributed by atoms with E-state index in [1.807, 2.05) is 48.5 Å². The molecule has 8 heteroatoms. The van der Waals surface area contributed by atoms with Crippen molar-refractivity contribution in [3.8, 4) is 11.1 Å². The molecule has 1 aliphatic carbocycles. The molecule has 1 atom stereocenters. The van der Waals surface area contributed by atoms with Crippen LogP contribution < -0.4 is 5.32 Å². The molecule has 5 nitrogen and oxygen atoms in total. The highest BCUT2D eigenvalue weighted by Crippen LogP contribution is 2.44. The molecular weight excluding hydrogens is 447 g/mol. The maximum absolute atomic E-state index is 13.2. The number of carbonyl (C=O) groups is 2. The van der Waals surface area contributed by atoms with Gasteiger partial charge in [0.2, 0.25) is 0 Å². The van der Waals surface area contributed by atoms with Gasteiger partial charge in [0.15, 0.2) is 0 Å². The fourth-order valence-corrected chi connectivity index (χ4v) is 4.34. The van der Waals surface area contributed by atoms with Gasteiger partial charge in [-0.15, -0.1) is 0 Å². The maximum Gasteiger partial charge on any atom is 0.416 e. The first-order valence-electron chi connectivity index (χ1n) is 10.7. The normalized spacial score (nSPS) is 13.6. The van der Waals surface area contributed by atoms with Crippen molar-refractivity contribution >= 4 is 12.1 Å². The van der Waals surface area contributed by atoms with Gasteiger partial charge >= 0.3 is 18.2 Å². The van der Waals surface area contributed by atoms with E-state index in [1.165, 1.54) is 18.2 Å². The van der Waals surface area contributed by atoms with Crippen LogP contribution in [0.3, 0.4) is 0 Å². The van der Waals surface area contributed by atoms with Crippen LogP contribution in [0.15, 0.2) is 72.8 Å². The molecule has 3 aromatic rings. The second kappa shape index (κ2) is 9.59. The number of hydrogen-bond donors (Lipinski definition) is 2. The summed E-state index contributed by atoms with van der Waals surface area (Å²) in [6.45, 7) is -0.313. The number of carboxylic acids is 1. The van der Waals surface area contributed by atoms with Gasteiger partial charge in [-0.25, -0.2) is 4.79 Å². The summed E-state index contributed by atoms with van der Waals surface area (Å²) in [5, 5.41) is 11.9. The predicted octanol–water partition coefficient (Wildman–Crippen LogP) is 5.49. The Morgan fingerprint density at radius 2 is 1.47 bits per heavy atom. The van der Waals surface area contributed by atoms with Gasteiger partial charge in [0.1, 0.15) is 6.61 Å². The number of halogens is 3. The fraction of sp³-hybridized carbons (Fsp3) is 0.231. The zero-order chi connectivity index (χ0) is 24.3. The minimum Gasteiger partial charge on any atom is -0.481 e. The highest BCUT2D eigenvalue weighted by molar-refractivity contribution is 5.79. The van der Waals surface area contributed by atoms with E-state index in [1.54, 1.807) is 0 Å². The van der Waals surface area contributed by atoms with Crippen molar-refractivity contribution in [3.05, 3.63) is 95.1 Å². The van der Waals surface area contributed by atoms with E-state index in [4.69, 9.17) is 4.74 Å². The third-order valence-electron chi connectivity index (χ3n) is 5.97. The second-order valence-electron chi connectivity index (χ2n) is 8.10. The van der Waals surface area contributed by atoms with Crippen LogP contribution in [0.25, 0.3) is 11.1 Å². The van der Waals surface area contributed by atoms with Crippen LogP contribution in [0, 0.1) is 5.92 Å². The Labute approximate surface area is 194 Å². The summed E-state index contributed by atoms with van der Waals surface area (Å²) in [6.07, 6.45) is -5.80. The molecular formula is C26H22F3NO4. The van der Waals surface area contributed by atoms with Crippen molar-refractivity contribution < 1.29 is 32.6 Å². The maximum atomic E-state index is 13.2. The number of alkyl halides is 3. The Hall–Kier alpha value is -3.81. The number of amides is 1. The Morgan fingerprint density at radius 1 is 0.912 bits per heavy atom. The number of carbonyl (C=O) groups excluding carboxylic acids is 1. The molecule has 0 saturated heterocycles. The zero-order valence-electron chi connectivity index (χ0n) is 18.0. The van der Waals surface area contributed by atoms with E-state index < -0.39 is 29.7 Å². The van der Waals surface area contributed by atoms with E-state index in [2.05, 4.69) is 5.32 Å². The summed E-state index contributed by atoms with van der Waals surface area (Å²) in [7, 11) is 0. The quantitative estimate of drug-likeness (QED) is 0.480. The van der Waals surface area contributed by atoms with Crippen LogP contribution >= 0.6 is 0 Å². The summed E-state index contributed by atoms with van der Waals surface area (Å²) < 4.78 is 45.1. The first-order valence-corrected chi connectivity index (χ1v) is 10.7. The fourth-order valence-electron chi connectivity index (χ4n) is 4.34. The molecule has 176 valence electrons. The number of rotatable bonds is 7. The van der Waals surface area contributed by atoms with Crippen molar-refractivity contribution in [1.29, 1.82) is 0 Å². The van der Waals surface area contributed by atoms with Gasteiger partial charge in [0.05, 0.1) is 11.5 Å². The number of carboxylic acid groups (broad SMARTS) is 1. The van der Waals surface area contributed by atoms with Gasteiger partial charge in [-0.2, -0.15) is 13.2 Å². The van der Waals surface area contributed by atoms with E-state index in [9.17, 15) is 27.9 Å². The molecule has 34 heavy (non-hydrogen) atoms. The van der Waals surface area contributed by atoms with Crippen LogP contribution in [0.1, 0.15) is 28.2 Å². The number of hydrogen-bond acceptors (Lipinski definition) is 3. The Kier molecular flexibility index (Phi) is 6.58. The van der Waals surface area contributed by atoms with Crippen molar-refractivity contribution in [2.24, 2.45) is 5.92 Å². The molecule has 4 rings (SSSR count). The molecule has 0 saturated carbocycles. The van der Waals surface area contributed by atoms with Crippen LogP contribution in [-0.4, -0.2) is 30.3 Å². The molecule has 3 aromatic carbocycles. The predicted molar refractivity (Wildman–Crippen MR) is 119 cm³/mol. The monoisotopic (exact) mass is 469 g/mol. The molecule has 0 fully saturated rings. The Balaban J connectivity index is 1.39. The molecule has 1 aliphatic rings. The summed E-state index contributed by atoms with van der Waals surface area (Å²) in [5.41, 5.74) is 3.18. The summed E-state index contributed by atoms with van der Waals surface area (Å²) in [5.74, 6) is -2.72. The third kappa shape index (κ3) is 4.90. The number of fused-ring (bicyclic) bond motifs is 3.